The minimum atomic E-state index is -0.177. The molecule has 0 nitrogen and oxygen atoms in total. The third kappa shape index (κ3) is 3.99. The Labute approximate surface area is 171 Å². The van der Waals surface area contributed by atoms with Crippen molar-refractivity contribution in [3.63, 3.8) is 0 Å². The van der Waals surface area contributed by atoms with E-state index in [2.05, 4.69) is 97.1 Å². The van der Waals surface area contributed by atoms with Crippen molar-refractivity contribution in [1.29, 1.82) is 0 Å². The summed E-state index contributed by atoms with van der Waals surface area (Å²) in [4.78, 5) is 0. The predicted octanol–water partition coefficient (Wildman–Crippen LogP) is 6.28. The summed E-state index contributed by atoms with van der Waals surface area (Å²) < 4.78 is 0. The molecule has 1 aliphatic carbocycles. The molecule has 0 aliphatic heterocycles. The quantitative estimate of drug-likeness (QED) is 0.285. The van der Waals surface area contributed by atoms with Gasteiger partial charge in [-0.15, -0.1) is 12.1 Å². The van der Waals surface area contributed by atoms with E-state index in [0.717, 1.165) is 0 Å². The fraction of sp³-hybridized carbons (Fsp3) is 0.0385. The van der Waals surface area contributed by atoms with Crippen LogP contribution in [0.5, 0.6) is 0 Å². The zero-order chi connectivity index (χ0) is 17.7. The summed E-state index contributed by atoms with van der Waals surface area (Å²) in [5, 5.41) is 0. The van der Waals surface area contributed by atoms with Crippen molar-refractivity contribution in [3.8, 4) is 0 Å². The molecule has 0 radical (unpaired) electrons. The molecule has 4 aromatic carbocycles. The number of hydrogen-bond donors (Lipinski definition) is 0. The Morgan fingerprint density at radius 1 is 0.556 bits per heavy atom. The SMILES string of the molecule is [C-]1=C(c2ccccc2)C1(c1ccccc1)c1ccccc1.[Ni+2].c1cc[cH-]c1. The van der Waals surface area contributed by atoms with Gasteiger partial charge in [-0.1, -0.05) is 78.9 Å². The first kappa shape index (κ1) is 19.0. The molecule has 0 unspecified atom stereocenters. The molecule has 0 aromatic heterocycles. The average molecular weight is 391 g/mol. The number of rotatable bonds is 3. The van der Waals surface area contributed by atoms with E-state index < -0.39 is 0 Å². The molecule has 5 rings (SSSR count). The van der Waals surface area contributed by atoms with Crippen molar-refractivity contribution >= 4 is 5.57 Å². The maximum absolute atomic E-state index is 3.65. The Kier molecular flexibility index (Phi) is 6.17. The molecule has 0 atom stereocenters. The Balaban J connectivity index is 0.000000306. The second-order valence-corrected chi connectivity index (χ2v) is 6.31. The molecule has 27 heavy (non-hydrogen) atoms. The van der Waals surface area contributed by atoms with E-state index in [1.165, 1.54) is 22.3 Å². The monoisotopic (exact) mass is 390 g/mol. The minimum absolute atomic E-state index is 0. The molecule has 1 aliphatic rings. The van der Waals surface area contributed by atoms with Gasteiger partial charge in [0.05, 0.1) is 0 Å². The van der Waals surface area contributed by atoms with Gasteiger partial charge < -0.3 is 0 Å². The Bertz CT molecular complexity index is 896. The van der Waals surface area contributed by atoms with E-state index in [1.807, 2.05) is 30.3 Å². The largest absolute Gasteiger partial charge is 2.00 e. The topological polar surface area (TPSA) is 0 Å². The van der Waals surface area contributed by atoms with Gasteiger partial charge in [0.25, 0.3) is 0 Å². The van der Waals surface area contributed by atoms with Gasteiger partial charge in [0.1, 0.15) is 0 Å². The van der Waals surface area contributed by atoms with E-state index in [0.29, 0.717) is 0 Å². The summed E-state index contributed by atoms with van der Waals surface area (Å²) in [5.74, 6) is 0. The van der Waals surface area contributed by atoms with Gasteiger partial charge in [0, 0.05) is 0 Å². The zero-order valence-electron chi connectivity index (χ0n) is 14.9. The smallest absolute Gasteiger partial charge is 0.254 e. The van der Waals surface area contributed by atoms with E-state index in [9.17, 15) is 0 Å². The Morgan fingerprint density at radius 3 is 1.41 bits per heavy atom. The van der Waals surface area contributed by atoms with E-state index >= 15 is 0 Å². The van der Waals surface area contributed by atoms with Crippen LogP contribution in [0.15, 0.2) is 121 Å². The average Bonchev–Trinajstić information content (AvgIpc) is 3.19. The van der Waals surface area contributed by atoms with Crippen molar-refractivity contribution in [2.75, 3.05) is 0 Å². The molecule has 0 saturated heterocycles. The maximum Gasteiger partial charge on any atom is 2.00 e. The molecule has 0 N–H and O–H groups in total. The van der Waals surface area contributed by atoms with Crippen LogP contribution < -0.4 is 0 Å². The molecule has 134 valence electrons. The molecular formula is C26H20Ni. The molecule has 0 saturated carbocycles. The summed E-state index contributed by atoms with van der Waals surface area (Å²) in [5.41, 5.74) is 4.93. The zero-order valence-corrected chi connectivity index (χ0v) is 15.9. The van der Waals surface area contributed by atoms with Crippen LogP contribution in [0.1, 0.15) is 16.7 Å². The van der Waals surface area contributed by atoms with Crippen molar-refractivity contribution in [2.45, 2.75) is 5.41 Å². The van der Waals surface area contributed by atoms with E-state index in [4.69, 9.17) is 0 Å². The first-order chi connectivity index (χ1) is 12.9. The van der Waals surface area contributed by atoms with Crippen LogP contribution in [-0.2, 0) is 21.9 Å². The molecular weight excluding hydrogens is 371 g/mol. The van der Waals surface area contributed by atoms with Gasteiger partial charge in [-0.05, 0) is 16.5 Å². The van der Waals surface area contributed by atoms with Crippen LogP contribution in [0.4, 0.5) is 0 Å². The third-order valence-electron chi connectivity index (χ3n) is 4.66. The molecule has 4 aromatic rings. The van der Waals surface area contributed by atoms with Gasteiger partial charge in [-0.2, -0.15) is 23.8 Å². The van der Waals surface area contributed by atoms with E-state index in [1.54, 1.807) is 0 Å². The number of hydrogen-bond acceptors (Lipinski definition) is 0. The normalized spacial score (nSPS) is 13.4. The van der Waals surface area contributed by atoms with Gasteiger partial charge in [0.2, 0.25) is 0 Å². The van der Waals surface area contributed by atoms with Crippen molar-refractivity contribution < 1.29 is 16.5 Å². The Morgan fingerprint density at radius 2 is 1.00 bits per heavy atom. The molecule has 0 bridgehead atoms. The summed E-state index contributed by atoms with van der Waals surface area (Å²) in [6.07, 6.45) is 3.65. The second kappa shape index (κ2) is 8.75. The van der Waals surface area contributed by atoms with Crippen LogP contribution in [0.2, 0.25) is 0 Å². The van der Waals surface area contributed by atoms with Gasteiger partial charge in [-0.3, -0.25) is 6.08 Å². The molecule has 0 fully saturated rings. The Hall–Kier alpha value is -2.76. The minimum Gasteiger partial charge on any atom is -0.254 e. The van der Waals surface area contributed by atoms with Crippen LogP contribution in [-0.4, -0.2) is 0 Å². The summed E-state index contributed by atoms with van der Waals surface area (Å²) in [6.45, 7) is 0. The van der Waals surface area contributed by atoms with Gasteiger partial charge in [0.15, 0.2) is 0 Å². The first-order valence-electron chi connectivity index (χ1n) is 8.90. The van der Waals surface area contributed by atoms with Gasteiger partial charge >= 0.3 is 16.5 Å². The van der Waals surface area contributed by atoms with Crippen molar-refractivity contribution in [2.24, 2.45) is 0 Å². The van der Waals surface area contributed by atoms with Crippen molar-refractivity contribution in [1.82, 2.24) is 0 Å². The maximum atomic E-state index is 3.65. The molecule has 1 heteroatoms. The third-order valence-corrected chi connectivity index (χ3v) is 4.66. The number of allylic oxidation sites excluding steroid dienone is 2. The summed E-state index contributed by atoms with van der Waals surface area (Å²) in [7, 11) is 0. The second-order valence-electron chi connectivity index (χ2n) is 6.31. The molecule has 0 heterocycles. The fourth-order valence-corrected chi connectivity index (χ4v) is 3.35. The predicted molar refractivity (Wildman–Crippen MR) is 109 cm³/mol. The molecule has 0 amide bonds. The summed E-state index contributed by atoms with van der Waals surface area (Å²) in [6, 6.07) is 41.8. The van der Waals surface area contributed by atoms with Crippen molar-refractivity contribution in [3.05, 3.63) is 144 Å². The van der Waals surface area contributed by atoms with Crippen LogP contribution >= 0.6 is 0 Å². The van der Waals surface area contributed by atoms with Gasteiger partial charge in [-0.25, -0.2) is 17.7 Å². The van der Waals surface area contributed by atoms with Crippen LogP contribution in [0.25, 0.3) is 5.57 Å². The van der Waals surface area contributed by atoms with Crippen LogP contribution in [0, 0.1) is 6.08 Å². The molecule has 0 spiro atoms. The standard InChI is InChI=1S/C21H15.C5H5.Ni/c1-4-10-17(11-5-1)20-16-21(20,18-12-6-2-7-13-18)19-14-8-3-9-15-19;1-2-4-5-3-1;/h1-15H;1-5H;/q2*-1;+2. The van der Waals surface area contributed by atoms with E-state index in [-0.39, 0.29) is 21.9 Å². The number of benzene rings is 3. The first-order valence-corrected chi connectivity index (χ1v) is 8.90. The van der Waals surface area contributed by atoms with Crippen LogP contribution in [0.3, 0.4) is 0 Å². The summed E-state index contributed by atoms with van der Waals surface area (Å²) >= 11 is 0. The fourth-order valence-electron chi connectivity index (χ4n) is 3.35.